The summed E-state index contributed by atoms with van der Waals surface area (Å²) in [6, 6.07) is 11.7. The van der Waals surface area contributed by atoms with E-state index in [1.165, 1.54) is 5.56 Å². The molecule has 3 rings (SSSR count). The van der Waals surface area contributed by atoms with Crippen molar-refractivity contribution in [1.29, 1.82) is 0 Å². The van der Waals surface area contributed by atoms with E-state index in [-0.39, 0.29) is 12.5 Å². The minimum absolute atomic E-state index is 0.144. The lowest BCUT2D eigenvalue weighted by atomic mass is 9.90. The first-order chi connectivity index (χ1) is 15.0. The van der Waals surface area contributed by atoms with Crippen molar-refractivity contribution in [3.05, 3.63) is 35.9 Å². The van der Waals surface area contributed by atoms with E-state index < -0.39 is 0 Å². The number of nitrogens with one attached hydrogen (secondary N) is 2. The number of benzene rings is 1. The zero-order valence-corrected chi connectivity index (χ0v) is 19.6. The lowest BCUT2D eigenvalue weighted by Gasteiger charge is -2.35. The van der Waals surface area contributed by atoms with Crippen LogP contribution in [0.1, 0.15) is 52.0 Å². The van der Waals surface area contributed by atoms with Crippen molar-refractivity contribution in [2.45, 2.75) is 65.0 Å². The first-order valence-electron chi connectivity index (χ1n) is 12.2. The fraction of sp³-hybridized carbons (Fsp3) is 0.680. The predicted octanol–water partition coefficient (Wildman–Crippen LogP) is 2.90. The van der Waals surface area contributed by atoms with Crippen LogP contribution in [0.25, 0.3) is 0 Å². The molecule has 2 saturated heterocycles. The lowest BCUT2D eigenvalue weighted by Crippen LogP contribution is -2.50. The van der Waals surface area contributed by atoms with Crippen LogP contribution in [-0.4, -0.2) is 73.0 Å². The molecule has 2 aliphatic rings. The van der Waals surface area contributed by atoms with Gasteiger partial charge in [0.2, 0.25) is 5.91 Å². The molecule has 0 radical (unpaired) electrons. The summed E-state index contributed by atoms with van der Waals surface area (Å²) in [5.74, 6) is 1.59. The van der Waals surface area contributed by atoms with Gasteiger partial charge in [-0.15, -0.1) is 0 Å². The molecule has 0 unspecified atom stereocenters. The predicted molar refractivity (Wildman–Crippen MR) is 128 cm³/mol. The second-order valence-electron chi connectivity index (χ2n) is 9.26. The molecule has 0 aromatic heterocycles. The van der Waals surface area contributed by atoms with Gasteiger partial charge in [0.05, 0.1) is 0 Å². The summed E-state index contributed by atoms with van der Waals surface area (Å²) in [5.41, 5.74) is 1.40. The van der Waals surface area contributed by atoms with Gasteiger partial charge in [-0.25, -0.2) is 4.99 Å². The van der Waals surface area contributed by atoms with Crippen molar-refractivity contribution in [1.82, 2.24) is 20.4 Å². The van der Waals surface area contributed by atoms with Gasteiger partial charge in [0.25, 0.3) is 0 Å². The molecule has 2 N–H and O–H groups in total. The molecule has 0 saturated carbocycles. The lowest BCUT2D eigenvalue weighted by molar-refractivity contribution is -0.130. The quantitative estimate of drug-likeness (QED) is 0.519. The summed E-state index contributed by atoms with van der Waals surface area (Å²) in [6.45, 7) is 11.5. The van der Waals surface area contributed by atoms with E-state index in [2.05, 4.69) is 71.6 Å². The van der Waals surface area contributed by atoms with Crippen molar-refractivity contribution in [3.8, 4) is 0 Å². The standard InChI is InChI=1S/C25H41N5O/c1-4-26-25(28-23-12-16-29(17-13-23)20(2)3)27-19-24(31)30-14-10-22(11-15-30)18-21-8-6-5-7-9-21/h5-9,20,22-23H,4,10-19H2,1-3H3,(H2,26,27,28). The molecule has 1 amide bonds. The number of hydrogen-bond donors (Lipinski definition) is 2. The maximum Gasteiger partial charge on any atom is 0.244 e. The molecule has 2 heterocycles. The average molecular weight is 428 g/mol. The highest BCUT2D eigenvalue weighted by Crippen LogP contribution is 2.21. The van der Waals surface area contributed by atoms with Crippen LogP contribution in [0.4, 0.5) is 0 Å². The van der Waals surface area contributed by atoms with Crippen molar-refractivity contribution in [3.63, 3.8) is 0 Å². The zero-order valence-electron chi connectivity index (χ0n) is 19.6. The number of amides is 1. The summed E-state index contributed by atoms with van der Waals surface area (Å²) in [5, 5.41) is 6.86. The van der Waals surface area contributed by atoms with Gasteiger partial charge in [0.1, 0.15) is 6.54 Å². The first-order valence-corrected chi connectivity index (χ1v) is 12.2. The molecular weight excluding hydrogens is 386 g/mol. The number of aliphatic imine (C=N–C) groups is 1. The van der Waals surface area contributed by atoms with Gasteiger partial charge in [-0.1, -0.05) is 30.3 Å². The Morgan fingerprint density at radius 3 is 2.35 bits per heavy atom. The Hall–Kier alpha value is -2.08. The average Bonchev–Trinajstić information content (AvgIpc) is 2.79. The second-order valence-corrected chi connectivity index (χ2v) is 9.26. The van der Waals surface area contributed by atoms with Gasteiger partial charge in [0, 0.05) is 44.8 Å². The number of likely N-dealkylation sites (tertiary alicyclic amines) is 2. The Bertz CT molecular complexity index is 689. The number of nitrogens with zero attached hydrogens (tertiary/aromatic N) is 3. The molecule has 2 aliphatic heterocycles. The Balaban J connectivity index is 1.42. The number of hydrogen-bond acceptors (Lipinski definition) is 3. The van der Waals surface area contributed by atoms with Crippen LogP contribution in [0.2, 0.25) is 0 Å². The van der Waals surface area contributed by atoms with E-state index in [1.54, 1.807) is 0 Å². The van der Waals surface area contributed by atoms with Gasteiger partial charge < -0.3 is 20.4 Å². The summed E-state index contributed by atoms with van der Waals surface area (Å²) >= 11 is 0. The fourth-order valence-electron chi connectivity index (χ4n) is 4.65. The number of carbonyl (C=O) groups is 1. The van der Waals surface area contributed by atoms with E-state index in [9.17, 15) is 4.79 Å². The number of carbonyl (C=O) groups excluding carboxylic acids is 1. The van der Waals surface area contributed by atoms with E-state index in [4.69, 9.17) is 0 Å². The van der Waals surface area contributed by atoms with E-state index in [0.29, 0.717) is 18.0 Å². The molecule has 0 aliphatic carbocycles. The smallest absolute Gasteiger partial charge is 0.244 e. The van der Waals surface area contributed by atoms with Crippen molar-refractivity contribution in [2.75, 3.05) is 39.3 Å². The van der Waals surface area contributed by atoms with E-state index in [1.807, 2.05) is 4.90 Å². The maximum absolute atomic E-state index is 12.7. The zero-order chi connectivity index (χ0) is 22.1. The number of guanidine groups is 1. The van der Waals surface area contributed by atoms with Crippen LogP contribution in [-0.2, 0) is 11.2 Å². The van der Waals surface area contributed by atoms with Gasteiger partial charge in [0.15, 0.2) is 5.96 Å². The fourth-order valence-corrected chi connectivity index (χ4v) is 4.65. The third-order valence-corrected chi connectivity index (χ3v) is 6.65. The number of piperidine rings is 2. The molecule has 0 bridgehead atoms. The highest BCUT2D eigenvalue weighted by Gasteiger charge is 2.24. The molecule has 1 aromatic carbocycles. The number of rotatable bonds is 7. The molecule has 0 spiro atoms. The Morgan fingerprint density at radius 2 is 1.74 bits per heavy atom. The topological polar surface area (TPSA) is 60.0 Å². The summed E-state index contributed by atoms with van der Waals surface area (Å²) in [6.07, 6.45) is 5.51. The molecule has 31 heavy (non-hydrogen) atoms. The Labute approximate surface area is 188 Å². The minimum atomic E-state index is 0.144. The molecule has 172 valence electrons. The summed E-state index contributed by atoms with van der Waals surface area (Å²) in [7, 11) is 0. The molecule has 6 heteroatoms. The molecular formula is C25H41N5O. The van der Waals surface area contributed by atoms with Gasteiger partial charge >= 0.3 is 0 Å². The molecule has 2 fully saturated rings. The Morgan fingerprint density at radius 1 is 1.06 bits per heavy atom. The highest BCUT2D eigenvalue weighted by molar-refractivity contribution is 5.85. The van der Waals surface area contributed by atoms with Crippen LogP contribution < -0.4 is 10.6 Å². The van der Waals surface area contributed by atoms with Gasteiger partial charge in [-0.2, -0.15) is 0 Å². The molecule has 6 nitrogen and oxygen atoms in total. The van der Waals surface area contributed by atoms with Crippen molar-refractivity contribution in [2.24, 2.45) is 10.9 Å². The largest absolute Gasteiger partial charge is 0.357 e. The SMILES string of the molecule is CCNC(=NCC(=O)N1CCC(Cc2ccccc2)CC1)NC1CCN(C(C)C)CC1. The van der Waals surface area contributed by atoms with Crippen LogP contribution in [0.15, 0.2) is 35.3 Å². The van der Waals surface area contributed by atoms with Crippen LogP contribution in [0.5, 0.6) is 0 Å². The van der Waals surface area contributed by atoms with Crippen LogP contribution >= 0.6 is 0 Å². The van der Waals surface area contributed by atoms with Crippen LogP contribution in [0.3, 0.4) is 0 Å². The van der Waals surface area contributed by atoms with E-state index in [0.717, 1.165) is 70.8 Å². The normalized spacial score (nSPS) is 19.6. The van der Waals surface area contributed by atoms with Crippen LogP contribution in [0, 0.1) is 5.92 Å². The summed E-state index contributed by atoms with van der Waals surface area (Å²) in [4.78, 5) is 21.9. The molecule has 1 aromatic rings. The summed E-state index contributed by atoms with van der Waals surface area (Å²) < 4.78 is 0. The monoisotopic (exact) mass is 427 g/mol. The third kappa shape index (κ3) is 7.53. The Kier molecular flexibility index (Phi) is 9.19. The van der Waals surface area contributed by atoms with Crippen molar-refractivity contribution < 1.29 is 4.79 Å². The maximum atomic E-state index is 12.7. The first kappa shape index (κ1) is 23.6. The van der Waals surface area contributed by atoms with Crippen molar-refractivity contribution >= 4 is 11.9 Å². The third-order valence-electron chi connectivity index (χ3n) is 6.65. The second kappa shape index (κ2) is 12.1. The van der Waals surface area contributed by atoms with Gasteiger partial charge in [-0.05, 0) is 64.4 Å². The molecule has 0 atom stereocenters. The van der Waals surface area contributed by atoms with Gasteiger partial charge in [-0.3, -0.25) is 4.79 Å². The van der Waals surface area contributed by atoms with E-state index >= 15 is 0 Å². The highest BCUT2D eigenvalue weighted by atomic mass is 16.2. The minimum Gasteiger partial charge on any atom is -0.357 e.